The van der Waals surface area contributed by atoms with Crippen molar-refractivity contribution in [3.05, 3.63) is 66.6 Å². The van der Waals surface area contributed by atoms with Crippen LogP contribution >= 0.6 is 0 Å². The Morgan fingerprint density at radius 2 is 1.69 bits per heavy atom. The second-order valence-corrected chi connectivity index (χ2v) is 4.00. The third kappa shape index (κ3) is 8.93. The van der Waals surface area contributed by atoms with Gasteiger partial charge in [0.15, 0.2) is 0 Å². The summed E-state index contributed by atoms with van der Waals surface area (Å²) in [6.45, 7) is 6.83. The third-order valence-corrected chi connectivity index (χ3v) is 1.92. The van der Waals surface area contributed by atoms with Crippen molar-refractivity contribution in [2.24, 2.45) is 0 Å². The van der Waals surface area contributed by atoms with Gasteiger partial charge < -0.3 is 0 Å². The molecule has 0 aromatic heterocycles. The Bertz CT molecular complexity index is 444. The van der Waals surface area contributed by atoms with Gasteiger partial charge in [0.25, 0.3) is 10.1 Å². The highest BCUT2D eigenvalue weighted by Crippen LogP contribution is 1.97. The van der Waals surface area contributed by atoms with Crippen LogP contribution in [0.4, 0.5) is 0 Å². The van der Waals surface area contributed by atoms with E-state index in [4.69, 9.17) is 4.55 Å². The standard InChI is InChI=1S/C8H8.C4H6O3S/c1-2-8-6-4-3-5-7-8;1-2-3-4-8(5,6)7/h2-7H,1H2;2-4H,1H2,(H,5,6,7). The molecule has 1 aromatic carbocycles. The average molecular weight is 238 g/mol. The first-order valence-corrected chi connectivity index (χ1v) is 5.94. The van der Waals surface area contributed by atoms with Gasteiger partial charge in [-0.3, -0.25) is 4.55 Å². The van der Waals surface area contributed by atoms with Gasteiger partial charge in [-0.1, -0.05) is 55.6 Å². The maximum atomic E-state index is 9.81. The summed E-state index contributed by atoms with van der Waals surface area (Å²) in [5.41, 5.74) is 1.17. The highest BCUT2D eigenvalue weighted by Gasteiger charge is 1.90. The molecule has 0 unspecified atom stereocenters. The van der Waals surface area contributed by atoms with Crippen molar-refractivity contribution >= 4 is 16.2 Å². The van der Waals surface area contributed by atoms with Crippen LogP contribution in [0.25, 0.3) is 6.08 Å². The Hall–Kier alpha value is -1.65. The van der Waals surface area contributed by atoms with Gasteiger partial charge in [0.05, 0.1) is 5.41 Å². The second-order valence-electron chi connectivity index (χ2n) is 2.69. The van der Waals surface area contributed by atoms with E-state index in [1.807, 2.05) is 36.4 Å². The minimum Gasteiger partial charge on any atom is -0.282 e. The van der Waals surface area contributed by atoms with Crippen molar-refractivity contribution in [2.45, 2.75) is 0 Å². The van der Waals surface area contributed by atoms with Crippen LogP contribution in [-0.4, -0.2) is 13.0 Å². The van der Waals surface area contributed by atoms with Gasteiger partial charge in [0.1, 0.15) is 0 Å². The van der Waals surface area contributed by atoms with Gasteiger partial charge >= 0.3 is 0 Å². The molecule has 0 aliphatic carbocycles. The Morgan fingerprint density at radius 1 is 1.12 bits per heavy atom. The van der Waals surface area contributed by atoms with Crippen LogP contribution in [0.1, 0.15) is 5.56 Å². The first kappa shape index (κ1) is 14.4. The molecule has 4 heteroatoms. The molecule has 0 saturated heterocycles. The lowest BCUT2D eigenvalue weighted by molar-refractivity contribution is 0.494. The summed E-state index contributed by atoms with van der Waals surface area (Å²) < 4.78 is 27.6. The topological polar surface area (TPSA) is 54.4 Å². The normalized spacial score (nSPS) is 10.3. The molecule has 0 amide bonds. The predicted octanol–water partition coefficient (Wildman–Crippen LogP) is 2.90. The van der Waals surface area contributed by atoms with E-state index < -0.39 is 10.1 Å². The van der Waals surface area contributed by atoms with E-state index in [1.165, 1.54) is 11.6 Å². The zero-order chi connectivity index (χ0) is 12.4. The molecule has 1 rings (SSSR count). The summed E-state index contributed by atoms with van der Waals surface area (Å²) in [7, 11) is -3.94. The minimum absolute atomic E-state index is 0.653. The lowest BCUT2D eigenvalue weighted by Gasteiger charge is -1.85. The molecule has 16 heavy (non-hydrogen) atoms. The fourth-order valence-corrected chi connectivity index (χ4v) is 1.05. The van der Waals surface area contributed by atoms with Gasteiger partial charge in [-0.25, -0.2) is 0 Å². The summed E-state index contributed by atoms with van der Waals surface area (Å²) in [6.07, 6.45) is 4.23. The van der Waals surface area contributed by atoms with Crippen molar-refractivity contribution in [1.82, 2.24) is 0 Å². The maximum Gasteiger partial charge on any atom is 0.287 e. The smallest absolute Gasteiger partial charge is 0.282 e. The molecule has 0 aliphatic rings. The molecule has 1 aromatic rings. The fraction of sp³-hybridized carbons (Fsp3) is 0. The monoisotopic (exact) mass is 238 g/mol. The summed E-state index contributed by atoms with van der Waals surface area (Å²) in [4.78, 5) is 0. The van der Waals surface area contributed by atoms with Crippen molar-refractivity contribution in [2.75, 3.05) is 0 Å². The molecule has 0 spiro atoms. The fourth-order valence-electron chi connectivity index (χ4n) is 0.744. The van der Waals surface area contributed by atoms with Crippen LogP contribution in [0.3, 0.4) is 0 Å². The maximum absolute atomic E-state index is 9.81. The minimum atomic E-state index is -3.94. The zero-order valence-electron chi connectivity index (χ0n) is 8.78. The highest BCUT2D eigenvalue weighted by molar-refractivity contribution is 7.88. The summed E-state index contributed by atoms with van der Waals surface area (Å²) in [5.74, 6) is 0. The molecule has 0 saturated carbocycles. The first-order chi connectivity index (χ1) is 7.49. The van der Waals surface area contributed by atoms with Crippen LogP contribution in [-0.2, 0) is 10.1 Å². The van der Waals surface area contributed by atoms with Crippen molar-refractivity contribution in [3.8, 4) is 0 Å². The molecule has 0 fully saturated rings. The SMILES string of the molecule is C=CC=CS(=O)(=O)O.C=Cc1ccccc1. The lowest BCUT2D eigenvalue weighted by atomic mass is 10.2. The summed E-state index contributed by atoms with van der Waals surface area (Å²) in [5, 5.41) is 0.653. The van der Waals surface area contributed by atoms with E-state index in [1.54, 1.807) is 0 Å². The summed E-state index contributed by atoms with van der Waals surface area (Å²) in [6, 6.07) is 10.0. The quantitative estimate of drug-likeness (QED) is 0.650. The number of rotatable bonds is 3. The third-order valence-electron chi connectivity index (χ3n) is 1.42. The molecule has 0 heterocycles. The van der Waals surface area contributed by atoms with E-state index in [-0.39, 0.29) is 0 Å². The van der Waals surface area contributed by atoms with Crippen molar-refractivity contribution < 1.29 is 13.0 Å². The average Bonchev–Trinajstić information content (AvgIpc) is 2.27. The Balaban J connectivity index is 0.000000281. The number of allylic oxidation sites excluding steroid dienone is 2. The van der Waals surface area contributed by atoms with Crippen LogP contribution in [0.15, 0.2) is 61.0 Å². The van der Waals surface area contributed by atoms with E-state index in [0.717, 1.165) is 6.08 Å². The van der Waals surface area contributed by atoms with E-state index in [2.05, 4.69) is 13.2 Å². The van der Waals surface area contributed by atoms with E-state index >= 15 is 0 Å². The van der Waals surface area contributed by atoms with E-state index in [0.29, 0.717) is 5.41 Å². The number of hydrogen-bond acceptors (Lipinski definition) is 2. The number of hydrogen-bond donors (Lipinski definition) is 1. The van der Waals surface area contributed by atoms with Crippen LogP contribution in [0.2, 0.25) is 0 Å². The lowest BCUT2D eigenvalue weighted by Crippen LogP contribution is -1.87. The molecular weight excluding hydrogens is 224 g/mol. The molecule has 86 valence electrons. The highest BCUT2D eigenvalue weighted by atomic mass is 32.2. The zero-order valence-corrected chi connectivity index (χ0v) is 9.60. The molecule has 1 N–H and O–H groups in total. The molecular formula is C12H14O3S. The largest absolute Gasteiger partial charge is 0.287 e. The van der Waals surface area contributed by atoms with Crippen molar-refractivity contribution in [1.29, 1.82) is 0 Å². The molecule has 0 bridgehead atoms. The molecule has 0 radical (unpaired) electrons. The first-order valence-electron chi connectivity index (χ1n) is 4.43. The van der Waals surface area contributed by atoms with Crippen LogP contribution < -0.4 is 0 Å². The van der Waals surface area contributed by atoms with Crippen molar-refractivity contribution in [3.63, 3.8) is 0 Å². The van der Waals surface area contributed by atoms with Gasteiger partial charge in [0, 0.05) is 0 Å². The van der Waals surface area contributed by atoms with Crippen LogP contribution in [0.5, 0.6) is 0 Å². The molecule has 0 atom stereocenters. The Kier molecular flexibility index (Phi) is 6.83. The Morgan fingerprint density at radius 3 is 1.94 bits per heavy atom. The number of benzene rings is 1. The predicted molar refractivity (Wildman–Crippen MR) is 67.4 cm³/mol. The second kappa shape index (κ2) is 7.62. The van der Waals surface area contributed by atoms with Gasteiger partial charge in [-0.15, -0.1) is 0 Å². The van der Waals surface area contributed by atoms with Gasteiger partial charge in [0.2, 0.25) is 0 Å². The van der Waals surface area contributed by atoms with E-state index in [9.17, 15) is 8.42 Å². The van der Waals surface area contributed by atoms with Gasteiger partial charge in [-0.05, 0) is 11.6 Å². The summed E-state index contributed by atoms with van der Waals surface area (Å²) >= 11 is 0. The van der Waals surface area contributed by atoms with Crippen LogP contribution in [0, 0.1) is 0 Å². The molecule has 3 nitrogen and oxygen atoms in total. The van der Waals surface area contributed by atoms with Gasteiger partial charge in [-0.2, -0.15) is 8.42 Å². The molecule has 0 aliphatic heterocycles. The Labute approximate surface area is 96.2 Å².